The molecule has 0 fully saturated rings. The van der Waals surface area contributed by atoms with Crippen LogP contribution in [0.3, 0.4) is 0 Å². The number of aromatic amines is 1. The average molecular weight is 286 g/mol. The molecule has 4 nitrogen and oxygen atoms in total. The van der Waals surface area contributed by atoms with Gasteiger partial charge >= 0.3 is 0 Å². The van der Waals surface area contributed by atoms with Crippen LogP contribution in [-0.4, -0.2) is 15.9 Å². The topological polar surface area (TPSA) is 57.8 Å². The van der Waals surface area contributed by atoms with Crippen molar-refractivity contribution in [3.05, 3.63) is 52.6 Å². The first kappa shape index (κ1) is 13.5. The van der Waals surface area contributed by atoms with Crippen molar-refractivity contribution >= 4 is 17.5 Å². The van der Waals surface area contributed by atoms with Gasteiger partial charge in [-0.05, 0) is 19.1 Å². The number of aromatic nitrogens is 2. The van der Waals surface area contributed by atoms with Crippen LogP contribution in [0.4, 0.5) is 8.78 Å². The molecule has 1 amide bonds. The Morgan fingerprint density at radius 2 is 2.16 bits per heavy atom. The van der Waals surface area contributed by atoms with Crippen molar-refractivity contribution in [1.29, 1.82) is 0 Å². The van der Waals surface area contributed by atoms with Crippen LogP contribution in [0.1, 0.15) is 29.1 Å². The maximum absolute atomic E-state index is 13.5. The van der Waals surface area contributed by atoms with Gasteiger partial charge in [-0.3, -0.25) is 4.79 Å². The van der Waals surface area contributed by atoms with Gasteiger partial charge in [0.15, 0.2) is 0 Å². The molecule has 2 aromatic rings. The highest BCUT2D eigenvalue weighted by Crippen LogP contribution is 2.20. The normalized spacial score (nSPS) is 12.2. The quantitative estimate of drug-likeness (QED) is 0.852. The zero-order valence-electron chi connectivity index (χ0n) is 9.88. The largest absolute Gasteiger partial charge is 0.347 e. The molecular weight excluding hydrogens is 276 g/mol. The van der Waals surface area contributed by atoms with Crippen LogP contribution < -0.4 is 5.32 Å². The molecule has 100 valence electrons. The number of rotatable bonds is 3. The van der Waals surface area contributed by atoms with Crippen LogP contribution in [-0.2, 0) is 0 Å². The predicted molar refractivity (Wildman–Crippen MR) is 65.8 cm³/mol. The Kier molecular flexibility index (Phi) is 3.80. The van der Waals surface area contributed by atoms with Crippen molar-refractivity contribution in [2.75, 3.05) is 0 Å². The fourth-order valence-electron chi connectivity index (χ4n) is 1.55. The summed E-state index contributed by atoms with van der Waals surface area (Å²) in [6.45, 7) is 1.67. The molecule has 1 aromatic heterocycles. The smallest absolute Gasteiger partial charge is 0.254 e. The molecule has 1 atom stereocenters. The molecule has 1 aromatic carbocycles. The molecule has 0 spiro atoms. The Bertz CT molecular complexity index is 601. The molecule has 1 unspecified atom stereocenters. The fraction of sp³-hybridized carbons (Fsp3) is 0.167. The minimum atomic E-state index is -0.879. The Morgan fingerprint density at radius 3 is 2.79 bits per heavy atom. The second-order valence-corrected chi connectivity index (χ2v) is 4.32. The van der Waals surface area contributed by atoms with Gasteiger partial charge in [-0.15, -0.1) is 0 Å². The van der Waals surface area contributed by atoms with E-state index < -0.39 is 29.1 Å². The highest BCUT2D eigenvalue weighted by Gasteiger charge is 2.18. The second kappa shape index (κ2) is 5.36. The molecule has 2 N–H and O–H groups in total. The van der Waals surface area contributed by atoms with Crippen LogP contribution in [0.15, 0.2) is 24.5 Å². The van der Waals surface area contributed by atoms with E-state index >= 15 is 0 Å². The Hall–Kier alpha value is -1.95. The van der Waals surface area contributed by atoms with Crippen molar-refractivity contribution in [3.8, 4) is 0 Å². The molecule has 7 heteroatoms. The summed E-state index contributed by atoms with van der Waals surface area (Å²) < 4.78 is 26.8. The lowest BCUT2D eigenvalue weighted by Crippen LogP contribution is -2.28. The van der Waals surface area contributed by atoms with E-state index in [2.05, 4.69) is 15.3 Å². The number of imidazole rings is 1. The van der Waals surface area contributed by atoms with Gasteiger partial charge in [-0.1, -0.05) is 11.6 Å². The van der Waals surface area contributed by atoms with Gasteiger partial charge in [0.2, 0.25) is 0 Å². The third-order valence-corrected chi connectivity index (χ3v) is 2.82. The van der Waals surface area contributed by atoms with E-state index in [1.165, 1.54) is 6.20 Å². The summed E-state index contributed by atoms with van der Waals surface area (Å²) in [6, 6.07) is 1.08. The van der Waals surface area contributed by atoms with Gasteiger partial charge in [0.05, 0.1) is 16.6 Å². The monoisotopic (exact) mass is 285 g/mol. The highest BCUT2D eigenvalue weighted by atomic mass is 35.5. The summed E-state index contributed by atoms with van der Waals surface area (Å²) in [5, 5.41) is 2.14. The van der Waals surface area contributed by atoms with E-state index in [1.54, 1.807) is 13.1 Å². The van der Waals surface area contributed by atoms with E-state index in [0.29, 0.717) is 5.82 Å². The van der Waals surface area contributed by atoms with Crippen LogP contribution in [0.2, 0.25) is 5.02 Å². The van der Waals surface area contributed by atoms with E-state index in [0.717, 1.165) is 12.1 Å². The number of hydrogen-bond acceptors (Lipinski definition) is 2. The number of nitrogens with one attached hydrogen (secondary N) is 2. The maximum atomic E-state index is 13.5. The third kappa shape index (κ3) is 2.90. The van der Waals surface area contributed by atoms with Crippen LogP contribution >= 0.6 is 11.6 Å². The maximum Gasteiger partial charge on any atom is 0.254 e. The van der Waals surface area contributed by atoms with Gasteiger partial charge in [0.25, 0.3) is 5.91 Å². The lowest BCUT2D eigenvalue weighted by atomic mass is 10.1. The minimum absolute atomic E-state index is 0.367. The molecule has 19 heavy (non-hydrogen) atoms. The highest BCUT2D eigenvalue weighted by molar-refractivity contribution is 6.30. The fourth-order valence-corrected chi connectivity index (χ4v) is 1.70. The van der Waals surface area contributed by atoms with Crippen LogP contribution in [0, 0.1) is 11.6 Å². The van der Waals surface area contributed by atoms with Gasteiger partial charge < -0.3 is 10.3 Å². The first-order valence-electron chi connectivity index (χ1n) is 5.43. The molecular formula is C12H10ClF2N3O. The lowest BCUT2D eigenvalue weighted by Gasteiger charge is -2.12. The Morgan fingerprint density at radius 1 is 1.42 bits per heavy atom. The van der Waals surface area contributed by atoms with Gasteiger partial charge in [-0.25, -0.2) is 13.8 Å². The predicted octanol–water partition coefficient (Wildman–Crippen LogP) is 2.83. The number of amides is 1. The molecule has 2 rings (SSSR count). The second-order valence-electron chi connectivity index (χ2n) is 3.92. The summed E-state index contributed by atoms with van der Waals surface area (Å²) in [6.07, 6.45) is 3.13. The van der Waals surface area contributed by atoms with E-state index in [4.69, 9.17) is 11.6 Å². The number of benzene rings is 1. The van der Waals surface area contributed by atoms with Crippen molar-refractivity contribution in [2.24, 2.45) is 0 Å². The lowest BCUT2D eigenvalue weighted by molar-refractivity contribution is 0.0934. The number of carbonyl (C=O) groups is 1. The van der Waals surface area contributed by atoms with Crippen molar-refractivity contribution in [1.82, 2.24) is 15.3 Å². The summed E-state index contributed by atoms with van der Waals surface area (Å²) in [4.78, 5) is 18.6. The SMILES string of the molecule is CC(NC(=O)c1cc(F)c(Cl)cc1F)c1ncc[nH]1. The number of nitrogens with zero attached hydrogens (tertiary/aromatic N) is 1. The summed E-state index contributed by atoms with van der Waals surface area (Å²) in [5.41, 5.74) is -0.402. The van der Waals surface area contributed by atoms with E-state index in [9.17, 15) is 13.6 Å². The summed E-state index contributed by atoms with van der Waals surface area (Å²) >= 11 is 5.42. The van der Waals surface area contributed by atoms with Crippen molar-refractivity contribution in [2.45, 2.75) is 13.0 Å². The molecule has 0 bridgehead atoms. The Balaban J connectivity index is 2.19. The van der Waals surface area contributed by atoms with Crippen molar-refractivity contribution < 1.29 is 13.6 Å². The molecule has 0 radical (unpaired) electrons. The van der Waals surface area contributed by atoms with Crippen molar-refractivity contribution in [3.63, 3.8) is 0 Å². The number of hydrogen-bond donors (Lipinski definition) is 2. The first-order valence-corrected chi connectivity index (χ1v) is 5.81. The van der Waals surface area contributed by atoms with Gasteiger partial charge in [0.1, 0.15) is 17.5 Å². The third-order valence-electron chi connectivity index (χ3n) is 2.53. The van der Waals surface area contributed by atoms with Crippen LogP contribution in [0.25, 0.3) is 0 Å². The van der Waals surface area contributed by atoms with E-state index in [1.807, 2.05) is 0 Å². The molecule has 1 heterocycles. The zero-order chi connectivity index (χ0) is 14.0. The average Bonchev–Trinajstić information content (AvgIpc) is 2.87. The molecule has 0 aliphatic rings. The molecule has 0 saturated carbocycles. The molecule has 0 saturated heterocycles. The summed E-state index contributed by atoms with van der Waals surface area (Å²) in [5.74, 6) is -1.95. The van der Waals surface area contributed by atoms with Crippen LogP contribution in [0.5, 0.6) is 0 Å². The Labute approximate surface area is 112 Å². The first-order chi connectivity index (χ1) is 8.99. The van der Waals surface area contributed by atoms with Gasteiger partial charge in [-0.2, -0.15) is 0 Å². The summed E-state index contributed by atoms with van der Waals surface area (Å²) in [7, 11) is 0. The molecule has 0 aliphatic carbocycles. The number of halogens is 3. The minimum Gasteiger partial charge on any atom is -0.347 e. The number of H-pyrrole nitrogens is 1. The number of carbonyl (C=O) groups excluding carboxylic acids is 1. The standard InChI is InChI=1S/C12H10ClF2N3O/c1-6(11-16-2-3-17-11)18-12(19)7-4-10(15)8(13)5-9(7)14/h2-6H,1H3,(H,16,17)(H,18,19). The van der Waals surface area contributed by atoms with E-state index in [-0.39, 0.29) is 5.02 Å². The zero-order valence-corrected chi connectivity index (χ0v) is 10.6. The van der Waals surface area contributed by atoms with Gasteiger partial charge in [0, 0.05) is 12.4 Å². The molecule has 0 aliphatic heterocycles.